The molecule has 0 radical (unpaired) electrons. The molecule has 1 fully saturated rings. The lowest BCUT2D eigenvalue weighted by Crippen LogP contribution is -2.44. The Morgan fingerprint density at radius 3 is 2.84 bits per heavy atom. The van der Waals surface area contributed by atoms with E-state index in [4.69, 9.17) is 0 Å². The summed E-state index contributed by atoms with van der Waals surface area (Å²) < 4.78 is 15.7. The van der Waals surface area contributed by atoms with Crippen molar-refractivity contribution >= 4 is 10.9 Å². The van der Waals surface area contributed by atoms with E-state index in [0.717, 1.165) is 50.0 Å². The molecule has 0 unspecified atom stereocenters. The Balaban J connectivity index is 1.79. The molecule has 3 rings (SSSR count). The molecule has 19 heavy (non-hydrogen) atoms. The second kappa shape index (κ2) is 5.31. The zero-order valence-electron chi connectivity index (χ0n) is 11.3. The minimum absolute atomic E-state index is 0.131. The fraction of sp³-hybridized carbons (Fsp3) is 0.467. The van der Waals surface area contributed by atoms with Gasteiger partial charge in [0.05, 0.1) is 5.52 Å². The van der Waals surface area contributed by atoms with Crippen LogP contribution in [0.3, 0.4) is 0 Å². The number of fused-ring (bicyclic) bond motifs is 1. The zero-order chi connectivity index (χ0) is 13.2. The van der Waals surface area contributed by atoms with E-state index in [0.29, 0.717) is 0 Å². The molecule has 1 aliphatic heterocycles. The van der Waals surface area contributed by atoms with Crippen LogP contribution in [0, 0.1) is 5.82 Å². The molecule has 3 nitrogen and oxygen atoms in total. The third-order valence-corrected chi connectivity index (χ3v) is 3.94. The predicted octanol–water partition coefficient (Wildman–Crippen LogP) is 1.77. The third-order valence-electron chi connectivity index (χ3n) is 3.94. The SMILES string of the molecule is Cn1cc(CCN2CCNCC2)c2cccc(F)c21. The molecule has 0 amide bonds. The van der Waals surface area contributed by atoms with Crippen molar-refractivity contribution in [3.63, 3.8) is 0 Å². The number of rotatable bonds is 3. The van der Waals surface area contributed by atoms with Gasteiger partial charge in [0.1, 0.15) is 5.82 Å². The molecule has 0 aliphatic carbocycles. The molecule has 2 heterocycles. The van der Waals surface area contributed by atoms with Gasteiger partial charge in [-0.05, 0) is 18.1 Å². The van der Waals surface area contributed by atoms with E-state index >= 15 is 0 Å². The number of hydrogen-bond donors (Lipinski definition) is 1. The number of piperazine rings is 1. The average molecular weight is 261 g/mol. The van der Waals surface area contributed by atoms with Crippen LogP contribution < -0.4 is 5.32 Å². The van der Waals surface area contributed by atoms with Crippen molar-refractivity contribution in [1.82, 2.24) is 14.8 Å². The van der Waals surface area contributed by atoms with Crippen LogP contribution in [0.2, 0.25) is 0 Å². The Morgan fingerprint density at radius 1 is 1.26 bits per heavy atom. The topological polar surface area (TPSA) is 20.2 Å². The largest absolute Gasteiger partial charge is 0.348 e. The number of para-hydroxylation sites is 1. The van der Waals surface area contributed by atoms with Crippen LogP contribution in [0.15, 0.2) is 24.4 Å². The zero-order valence-corrected chi connectivity index (χ0v) is 11.3. The molecule has 0 bridgehead atoms. The fourth-order valence-corrected chi connectivity index (χ4v) is 2.91. The number of hydrogen-bond acceptors (Lipinski definition) is 2. The van der Waals surface area contributed by atoms with Gasteiger partial charge in [0, 0.05) is 51.4 Å². The van der Waals surface area contributed by atoms with Crippen molar-refractivity contribution in [2.75, 3.05) is 32.7 Å². The van der Waals surface area contributed by atoms with Crippen LogP contribution in [0.5, 0.6) is 0 Å². The van der Waals surface area contributed by atoms with Crippen LogP contribution in [0.1, 0.15) is 5.56 Å². The Morgan fingerprint density at radius 2 is 2.05 bits per heavy atom. The van der Waals surface area contributed by atoms with Crippen molar-refractivity contribution < 1.29 is 4.39 Å². The second-order valence-corrected chi connectivity index (χ2v) is 5.24. The van der Waals surface area contributed by atoms with Gasteiger partial charge >= 0.3 is 0 Å². The molecule has 1 aromatic carbocycles. The normalized spacial score (nSPS) is 17.2. The molecule has 4 heteroatoms. The molecule has 1 aliphatic rings. The van der Waals surface area contributed by atoms with Gasteiger partial charge in [-0.2, -0.15) is 0 Å². The smallest absolute Gasteiger partial charge is 0.147 e. The summed E-state index contributed by atoms with van der Waals surface area (Å²) in [6, 6.07) is 5.35. The van der Waals surface area contributed by atoms with Crippen LogP contribution in [-0.4, -0.2) is 42.2 Å². The van der Waals surface area contributed by atoms with Crippen molar-refractivity contribution in [2.45, 2.75) is 6.42 Å². The summed E-state index contributed by atoms with van der Waals surface area (Å²) in [5.41, 5.74) is 1.97. The molecule has 0 saturated carbocycles. The maximum absolute atomic E-state index is 13.8. The molecule has 1 aromatic heterocycles. The summed E-state index contributed by atoms with van der Waals surface area (Å²) >= 11 is 0. The third kappa shape index (κ3) is 2.51. The van der Waals surface area contributed by atoms with Gasteiger partial charge in [-0.15, -0.1) is 0 Å². The number of nitrogens with one attached hydrogen (secondary N) is 1. The van der Waals surface area contributed by atoms with Gasteiger partial charge in [0.2, 0.25) is 0 Å². The van der Waals surface area contributed by atoms with Gasteiger partial charge in [0.15, 0.2) is 0 Å². The van der Waals surface area contributed by atoms with E-state index in [1.54, 1.807) is 6.07 Å². The average Bonchev–Trinajstić information content (AvgIpc) is 2.76. The Bertz CT molecular complexity index is 570. The highest BCUT2D eigenvalue weighted by Gasteiger charge is 2.13. The Kier molecular flexibility index (Phi) is 3.53. The predicted molar refractivity (Wildman–Crippen MR) is 75.9 cm³/mol. The summed E-state index contributed by atoms with van der Waals surface area (Å²) in [6.45, 7) is 5.42. The minimum atomic E-state index is -0.131. The minimum Gasteiger partial charge on any atom is -0.348 e. The van der Waals surface area contributed by atoms with Gasteiger partial charge in [-0.3, -0.25) is 0 Å². The summed E-state index contributed by atoms with van der Waals surface area (Å²) in [4.78, 5) is 2.47. The lowest BCUT2D eigenvalue weighted by molar-refractivity contribution is 0.244. The molecule has 0 atom stereocenters. The van der Waals surface area contributed by atoms with E-state index in [2.05, 4.69) is 16.4 Å². The van der Waals surface area contributed by atoms with Crippen LogP contribution in [0.4, 0.5) is 4.39 Å². The first-order valence-electron chi connectivity index (χ1n) is 6.91. The van der Waals surface area contributed by atoms with E-state index in [9.17, 15) is 4.39 Å². The van der Waals surface area contributed by atoms with Gasteiger partial charge in [0.25, 0.3) is 0 Å². The van der Waals surface area contributed by atoms with Gasteiger partial charge < -0.3 is 14.8 Å². The standard InChI is InChI=1S/C15H20FN3/c1-18-11-12(5-8-19-9-6-17-7-10-19)13-3-2-4-14(16)15(13)18/h2-4,11,17H,5-10H2,1H3. The Labute approximate surface area is 113 Å². The van der Waals surface area contributed by atoms with Crippen LogP contribution in [0.25, 0.3) is 10.9 Å². The first-order valence-corrected chi connectivity index (χ1v) is 6.91. The van der Waals surface area contributed by atoms with Crippen molar-refractivity contribution in [3.8, 4) is 0 Å². The highest BCUT2D eigenvalue weighted by atomic mass is 19.1. The van der Waals surface area contributed by atoms with Gasteiger partial charge in [-0.1, -0.05) is 12.1 Å². The fourth-order valence-electron chi connectivity index (χ4n) is 2.91. The first-order chi connectivity index (χ1) is 9.25. The van der Waals surface area contributed by atoms with Crippen LogP contribution >= 0.6 is 0 Å². The molecular formula is C15H20FN3. The number of nitrogens with zero attached hydrogens (tertiary/aromatic N) is 2. The van der Waals surface area contributed by atoms with E-state index in [1.165, 1.54) is 11.6 Å². The van der Waals surface area contributed by atoms with Crippen LogP contribution in [-0.2, 0) is 13.5 Å². The van der Waals surface area contributed by atoms with Gasteiger partial charge in [-0.25, -0.2) is 4.39 Å². The lowest BCUT2D eigenvalue weighted by atomic mass is 10.1. The second-order valence-electron chi connectivity index (χ2n) is 5.24. The number of aromatic nitrogens is 1. The Hall–Kier alpha value is -1.39. The molecule has 102 valence electrons. The summed E-state index contributed by atoms with van der Waals surface area (Å²) in [7, 11) is 1.92. The number of halogens is 1. The summed E-state index contributed by atoms with van der Waals surface area (Å²) in [5.74, 6) is -0.131. The monoisotopic (exact) mass is 261 g/mol. The van der Waals surface area contributed by atoms with E-state index in [1.807, 2.05) is 17.7 Å². The number of benzene rings is 1. The summed E-state index contributed by atoms with van der Waals surface area (Å²) in [6.07, 6.45) is 3.05. The summed E-state index contributed by atoms with van der Waals surface area (Å²) in [5, 5.41) is 4.41. The highest BCUT2D eigenvalue weighted by Crippen LogP contribution is 2.23. The molecule has 0 spiro atoms. The molecule has 2 aromatic rings. The lowest BCUT2D eigenvalue weighted by Gasteiger charge is -2.26. The van der Waals surface area contributed by atoms with E-state index in [-0.39, 0.29) is 5.82 Å². The van der Waals surface area contributed by atoms with Crippen molar-refractivity contribution in [1.29, 1.82) is 0 Å². The maximum atomic E-state index is 13.8. The molecular weight excluding hydrogens is 241 g/mol. The van der Waals surface area contributed by atoms with Crippen molar-refractivity contribution in [2.24, 2.45) is 7.05 Å². The molecule has 1 N–H and O–H groups in total. The molecule has 1 saturated heterocycles. The van der Waals surface area contributed by atoms with E-state index < -0.39 is 0 Å². The quantitative estimate of drug-likeness (QED) is 0.908. The highest BCUT2D eigenvalue weighted by molar-refractivity contribution is 5.84. The van der Waals surface area contributed by atoms with Crippen molar-refractivity contribution in [3.05, 3.63) is 35.8 Å². The first kappa shape index (κ1) is 12.6. The number of aryl methyl sites for hydroxylation is 1. The maximum Gasteiger partial charge on any atom is 0.147 e.